The van der Waals surface area contributed by atoms with E-state index >= 15 is 0 Å². The van der Waals surface area contributed by atoms with Crippen LogP contribution in [0.15, 0.2) is 18.2 Å². The van der Waals surface area contributed by atoms with Gasteiger partial charge < -0.3 is 25.0 Å². The zero-order valence-corrected chi connectivity index (χ0v) is 23.7. The first-order valence-corrected chi connectivity index (χ1v) is 13.0. The van der Waals surface area contributed by atoms with Crippen LogP contribution in [0, 0.1) is 13.8 Å². The molecule has 0 fully saturated rings. The molecule has 208 valence electrons. The first-order chi connectivity index (χ1) is 17.3. The molecule has 0 saturated carbocycles. The highest BCUT2D eigenvalue weighted by Gasteiger charge is 2.36. The van der Waals surface area contributed by atoms with Gasteiger partial charge in [0.15, 0.2) is 0 Å². The number of ether oxygens (including phenoxy) is 2. The van der Waals surface area contributed by atoms with Crippen LogP contribution in [0.5, 0.6) is 0 Å². The lowest BCUT2D eigenvalue weighted by molar-refractivity contribution is -0.144. The molecule has 0 aromatic heterocycles. The van der Waals surface area contributed by atoms with E-state index < -0.39 is 41.6 Å². The highest BCUT2D eigenvalue weighted by Crippen LogP contribution is 2.29. The highest BCUT2D eigenvalue weighted by atomic mass is 16.6. The van der Waals surface area contributed by atoms with Gasteiger partial charge in [-0.3, -0.25) is 14.4 Å². The summed E-state index contributed by atoms with van der Waals surface area (Å²) in [6.07, 6.45) is 4.07. The third kappa shape index (κ3) is 10.8. The largest absolute Gasteiger partial charge is 0.468 e. The van der Waals surface area contributed by atoms with Crippen molar-refractivity contribution in [3.63, 3.8) is 0 Å². The first-order valence-electron chi connectivity index (χ1n) is 13.0. The number of amides is 3. The Bertz CT molecular complexity index is 905. The predicted molar refractivity (Wildman–Crippen MR) is 143 cm³/mol. The van der Waals surface area contributed by atoms with E-state index in [-0.39, 0.29) is 6.54 Å². The van der Waals surface area contributed by atoms with Crippen LogP contribution in [0.2, 0.25) is 0 Å². The number of esters is 1. The van der Waals surface area contributed by atoms with Gasteiger partial charge in [0.2, 0.25) is 11.8 Å². The quantitative estimate of drug-likeness (QED) is 0.296. The van der Waals surface area contributed by atoms with Gasteiger partial charge in [0, 0.05) is 6.54 Å². The van der Waals surface area contributed by atoms with E-state index in [0.717, 1.165) is 36.8 Å². The van der Waals surface area contributed by atoms with Crippen LogP contribution in [0.25, 0.3) is 0 Å². The number of alkyl carbamates (subject to hydrolysis) is 1. The zero-order valence-electron chi connectivity index (χ0n) is 23.7. The Hall–Kier alpha value is -3.10. The molecule has 0 saturated heterocycles. The second-order valence-electron chi connectivity index (χ2n) is 10.3. The van der Waals surface area contributed by atoms with Crippen molar-refractivity contribution in [3.8, 4) is 0 Å². The van der Waals surface area contributed by atoms with Crippen molar-refractivity contribution in [2.24, 2.45) is 0 Å². The number of carbonyl (C=O) groups is 4. The number of benzene rings is 1. The minimum Gasteiger partial charge on any atom is -0.468 e. The average molecular weight is 520 g/mol. The summed E-state index contributed by atoms with van der Waals surface area (Å²) in [5, 5.41) is 5.23. The number of nitrogens with zero attached hydrogens (tertiary/aromatic N) is 1. The number of rotatable bonds is 13. The number of unbranched alkanes of at least 4 members (excludes halogenated alkanes) is 4. The summed E-state index contributed by atoms with van der Waals surface area (Å²) in [6, 6.07) is 3.73. The summed E-state index contributed by atoms with van der Waals surface area (Å²) in [5.74, 6) is -1.50. The van der Waals surface area contributed by atoms with Crippen molar-refractivity contribution in [2.75, 3.05) is 20.2 Å². The van der Waals surface area contributed by atoms with Crippen molar-refractivity contribution in [1.82, 2.24) is 15.5 Å². The number of methoxy groups -OCH3 is 1. The lowest BCUT2D eigenvalue weighted by Crippen LogP contribution is -2.52. The number of carbonyl (C=O) groups excluding carboxylic acids is 4. The SMILES string of the molecule is CCCCCCCN(C(=O)C(C)NC(=O)OC(C)(C)C)C(C(=O)NCC(=O)OC)c1c(C)cccc1C. The van der Waals surface area contributed by atoms with E-state index in [0.29, 0.717) is 18.5 Å². The molecule has 1 aromatic carbocycles. The Morgan fingerprint density at radius 2 is 1.59 bits per heavy atom. The molecule has 9 heteroatoms. The molecular weight excluding hydrogens is 474 g/mol. The molecule has 1 aromatic rings. The van der Waals surface area contributed by atoms with Gasteiger partial charge in [-0.25, -0.2) is 4.79 Å². The maximum absolute atomic E-state index is 13.8. The van der Waals surface area contributed by atoms with Gasteiger partial charge >= 0.3 is 12.1 Å². The second kappa shape index (κ2) is 15.2. The van der Waals surface area contributed by atoms with Crippen molar-refractivity contribution < 1.29 is 28.7 Å². The van der Waals surface area contributed by atoms with E-state index in [1.807, 2.05) is 32.0 Å². The number of nitrogens with one attached hydrogen (secondary N) is 2. The van der Waals surface area contributed by atoms with Crippen LogP contribution in [0.1, 0.15) is 89.5 Å². The molecule has 0 bridgehead atoms. The maximum atomic E-state index is 13.8. The highest BCUT2D eigenvalue weighted by molar-refractivity contribution is 5.93. The molecule has 0 heterocycles. The van der Waals surface area contributed by atoms with E-state index in [2.05, 4.69) is 22.3 Å². The predicted octanol–water partition coefficient (Wildman–Crippen LogP) is 4.35. The standard InChI is InChI=1S/C28H45N3O6/c1-9-10-11-12-13-17-31(26(34)21(4)30-27(35)37-28(5,6)7)24(25(33)29-18-22(32)36-8)23-19(2)15-14-16-20(23)3/h14-16,21,24H,9-13,17-18H2,1-8H3,(H,29,33)(H,30,35). The van der Waals surface area contributed by atoms with Crippen molar-refractivity contribution in [2.45, 2.75) is 98.3 Å². The molecule has 2 unspecified atom stereocenters. The molecule has 2 atom stereocenters. The van der Waals surface area contributed by atoms with Gasteiger partial charge in [0.1, 0.15) is 24.2 Å². The smallest absolute Gasteiger partial charge is 0.408 e. The van der Waals surface area contributed by atoms with Crippen molar-refractivity contribution >= 4 is 23.9 Å². The van der Waals surface area contributed by atoms with Gasteiger partial charge in [-0.15, -0.1) is 0 Å². The fourth-order valence-corrected chi connectivity index (χ4v) is 4.06. The minimum atomic E-state index is -0.993. The lowest BCUT2D eigenvalue weighted by atomic mass is 9.93. The summed E-state index contributed by atoms with van der Waals surface area (Å²) >= 11 is 0. The van der Waals surface area contributed by atoms with Crippen LogP contribution < -0.4 is 10.6 Å². The second-order valence-corrected chi connectivity index (χ2v) is 10.3. The Labute approximate surface area is 221 Å². The first kappa shape index (κ1) is 31.9. The zero-order chi connectivity index (χ0) is 28.2. The molecular formula is C28H45N3O6. The minimum absolute atomic E-state index is 0.312. The molecule has 2 N–H and O–H groups in total. The van der Waals surface area contributed by atoms with E-state index in [9.17, 15) is 19.2 Å². The summed E-state index contributed by atoms with van der Waals surface area (Å²) in [7, 11) is 1.24. The van der Waals surface area contributed by atoms with Crippen LogP contribution in [0.3, 0.4) is 0 Å². The number of hydrogen-bond acceptors (Lipinski definition) is 6. The van der Waals surface area contributed by atoms with Gasteiger partial charge in [0.05, 0.1) is 7.11 Å². The number of aryl methyl sites for hydroxylation is 2. The molecule has 0 radical (unpaired) electrons. The van der Waals surface area contributed by atoms with Gasteiger partial charge in [0.25, 0.3) is 0 Å². The van der Waals surface area contributed by atoms with Crippen molar-refractivity contribution in [1.29, 1.82) is 0 Å². The van der Waals surface area contributed by atoms with Gasteiger partial charge in [-0.05, 0) is 64.7 Å². The summed E-state index contributed by atoms with van der Waals surface area (Å²) < 4.78 is 9.99. The summed E-state index contributed by atoms with van der Waals surface area (Å²) in [6.45, 7) is 12.7. The molecule has 0 spiro atoms. The van der Waals surface area contributed by atoms with E-state index in [1.165, 1.54) is 12.0 Å². The average Bonchev–Trinajstić information content (AvgIpc) is 2.81. The topological polar surface area (TPSA) is 114 Å². The molecule has 9 nitrogen and oxygen atoms in total. The Morgan fingerprint density at radius 3 is 2.14 bits per heavy atom. The fourth-order valence-electron chi connectivity index (χ4n) is 4.06. The van der Waals surface area contributed by atoms with E-state index in [1.54, 1.807) is 27.7 Å². The number of hydrogen-bond donors (Lipinski definition) is 2. The lowest BCUT2D eigenvalue weighted by Gasteiger charge is -2.35. The van der Waals surface area contributed by atoms with Crippen LogP contribution in [-0.2, 0) is 23.9 Å². The summed E-state index contributed by atoms with van der Waals surface area (Å²) in [4.78, 5) is 53.0. The monoisotopic (exact) mass is 519 g/mol. The fraction of sp³-hybridized carbons (Fsp3) is 0.643. The maximum Gasteiger partial charge on any atom is 0.408 e. The molecule has 0 aliphatic rings. The third-order valence-corrected chi connectivity index (χ3v) is 5.90. The third-order valence-electron chi connectivity index (χ3n) is 5.90. The van der Waals surface area contributed by atoms with Crippen LogP contribution in [0.4, 0.5) is 4.79 Å². The Balaban J connectivity index is 3.39. The Morgan fingerprint density at radius 1 is 1.00 bits per heavy atom. The van der Waals surface area contributed by atoms with E-state index in [4.69, 9.17) is 4.74 Å². The summed E-state index contributed by atoms with van der Waals surface area (Å²) in [5.41, 5.74) is 1.65. The van der Waals surface area contributed by atoms with Gasteiger partial charge in [-0.1, -0.05) is 50.8 Å². The molecule has 0 aliphatic heterocycles. The van der Waals surface area contributed by atoms with Crippen LogP contribution in [-0.4, -0.2) is 60.6 Å². The van der Waals surface area contributed by atoms with Crippen LogP contribution >= 0.6 is 0 Å². The molecule has 1 rings (SSSR count). The Kier molecular flexibility index (Phi) is 13.1. The molecule has 0 aliphatic carbocycles. The molecule has 37 heavy (non-hydrogen) atoms. The van der Waals surface area contributed by atoms with Crippen molar-refractivity contribution in [3.05, 3.63) is 34.9 Å². The van der Waals surface area contributed by atoms with Gasteiger partial charge in [-0.2, -0.15) is 0 Å². The normalized spacial score (nSPS) is 12.8. The molecule has 3 amide bonds.